The monoisotopic (exact) mass is 238 g/mol. The molecule has 2 unspecified atom stereocenters. The SMILES string of the molecule is NC1CCC(CNC(=O)C2CCCCCC2)C1. The van der Waals surface area contributed by atoms with Crippen LogP contribution in [-0.2, 0) is 4.79 Å². The summed E-state index contributed by atoms with van der Waals surface area (Å²) in [7, 11) is 0. The Kier molecular flexibility index (Phi) is 4.84. The fraction of sp³-hybridized carbons (Fsp3) is 0.929. The molecule has 3 N–H and O–H groups in total. The van der Waals surface area contributed by atoms with Crippen molar-refractivity contribution in [3.05, 3.63) is 0 Å². The molecule has 0 saturated heterocycles. The van der Waals surface area contributed by atoms with Gasteiger partial charge in [0.1, 0.15) is 0 Å². The summed E-state index contributed by atoms with van der Waals surface area (Å²) >= 11 is 0. The van der Waals surface area contributed by atoms with E-state index < -0.39 is 0 Å². The number of rotatable bonds is 3. The zero-order valence-corrected chi connectivity index (χ0v) is 10.8. The topological polar surface area (TPSA) is 55.1 Å². The van der Waals surface area contributed by atoms with Gasteiger partial charge in [0, 0.05) is 18.5 Å². The van der Waals surface area contributed by atoms with Crippen molar-refractivity contribution in [2.24, 2.45) is 17.6 Å². The van der Waals surface area contributed by atoms with Gasteiger partial charge in [-0.15, -0.1) is 0 Å². The number of hydrogen-bond acceptors (Lipinski definition) is 2. The van der Waals surface area contributed by atoms with Gasteiger partial charge in [0.15, 0.2) is 0 Å². The number of carbonyl (C=O) groups excluding carboxylic acids is 1. The number of nitrogens with one attached hydrogen (secondary N) is 1. The molecule has 0 aliphatic heterocycles. The highest BCUT2D eigenvalue weighted by molar-refractivity contribution is 5.78. The Hall–Kier alpha value is -0.570. The van der Waals surface area contributed by atoms with Crippen LogP contribution in [0.3, 0.4) is 0 Å². The summed E-state index contributed by atoms with van der Waals surface area (Å²) in [5.41, 5.74) is 5.88. The average Bonchev–Trinajstić information content (AvgIpc) is 2.58. The summed E-state index contributed by atoms with van der Waals surface area (Å²) in [5, 5.41) is 3.15. The van der Waals surface area contributed by atoms with Crippen molar-refractivity contribution in [1.82, 2.24) is 5.32 Å². The van der Waals surface area contributed by atoms with Crippen molar-refractivity contribution in [3.8, 4) is 0 Å². The van der Waals surface area contributed by atoms with Crippen LogP contribution >= 0.6 is 0 Å². The minimum Gasteiger partial charge on any atom is -0.356 e. The molecule has 3 nitrogen and oxygen atoms in total. The minimum absolute atomic E-state index is 0.285. The Labute approximate surface area is 105 Å². The van der Waals surface area contributed by atoms with Gasteiger partial charge < -0.3 is 11.1 Å². The average molecular weight is 238 g/mol. The van der Waals surface area contributed by atoms with Crippen LogP contribution in [-0.4, -0.2) is 18.5 Å². The van der Waals surface area contributed by atoms with E-state index in [0.717, 1.165) is 32.2 Å². The van der Waals surface area contributed by atoms with Gasteiger partial charge in [0.2, 0.25) is 5.91 Å². The maximum absolute atomic E-state index is 12.0. The van der Waals surface area contributed by atoms with Gasteiger partial charge in [-0.3, -0.25) is 4.79 Å². The van der Waals surface area contributed by atoms with Gasteiger partial charge in [-0.05, 0) is 38.0 Å². The first kappa shape index (κ1) is 12.9. The molecule has 2 aliphatic rings. The number of amides is 1. The van der Waals surface area contributed by atoms with Gasteiger partial charge in [-0.2, -0.15) is 0 Å². The van der Waals surface area contributed by atoms with Crippen molar-refractivity contribution in [3.63, 3.8) is 0 Å². The molecule has 0 aromatic carbocycles. The second-order valence-corrected chi connectivity index (χ2v) is 5.87. The zero-order valence-electron chi connectivity index (χ0n) is 10.8. The van der Waals surface area contributed by atoms with Gasteiger partial charge in [0.25, 0.3) is 0 Å². The standard InChI is InChI=1S/C14H26N2O/c15-13-8-7-11(9-13)10-16-14(17)12-5-3-1-2-4-6-12/h11-13H,1-10,15H2,(H,16,17). The maximum Gasteiger partial charge on any atom is 0.223 e. The molecule has 0 radical (unpaired) electrons. The maximum atomic E-state index is 12.0. The molecule has 2 saturated carbocycles. The summed E-state index contributed by atoms with van der Waals surface area (Å²) in [6.07, 6.45) is 10.7. The summed E-state index contributed by atoms with van der Waals surface area (Å²) in [6, 6.07) is 0.370. The second-order valence-electron chi connectivity index (χ2n) is 5.87. The van der Waals surface area contributed by atoms with Crippen molar-refractivity contribution in [2.75, 3.05) is 6.54 Å². The number of hydrogen-bond donors (Lipinski definition) is 2. The van der Waals surface area contributed by atoms with E-state index in [0.29, 0.717) is 17.9 Å². The quantitative estimate of drug-likeness (QED) is 0.741. The largest absolute Gasteiger partial charge is 0.356 e. The lowest BCUT2D eigenvalue weighted by Crippen LogP contribution is -2.34. The van der Waals surface area contributed by atoms with Gasteiger partial charge in [-0.1, -0.05) is 25.7 Å². The molecule has 98 valence electrons. The van der Waals surface area contributed by atoms with Crippen molar-refractivity contribution in [1.29, 1.82) is 0 Å². The Bertz CT molecular complexity index is 247. The highest BCUT2D eigenvalue weighted by Gasteiger charge is 2.24. The van der Waals surface area contributed by atoms with E-state index in [1.54, 1.807) is 0 Å². The van der Waals surface area contributed by atoms with E-state index in [4.69, 9.17) is 5.73 Å². The van der Waals surface area contributed by atoms with E-state index in [9.17, 15) is 4.79 Å². The Morgan fingerprint density at radius 1 is 1.06 bits per heavy atom. The number of nitrogens with two attached hydrogens (primary N) is 1. The van der Waals surface area contributed by atoms with Crippen molar-refractivity contribution in [2.45, 2.75) is 63.8 Å². The predicted octanol–water partition coefficient (Wildman–Crippen LogP) is 2.20. The molecular weight excluding hydrogens is 212 g/mol. The van der Waals surface area contributed by atoms with Crippen molar-refractivity contribution < 1.29 is 4.79 Å². The third-order valence-corrected chi connectivity index (χ3v) is 4.37. The molecule has 2 fully saturated rings. The summed E-state index contributed by atoms with van der Waals surface area (Å²) in [4.78, 5) is 12.0. The molecule has 2 atom stereocenters. The third-order valence-electron chi connectivity index (χ3n) is 4.37. The van der Waals surface area contributed by atoms with Gasteiger partial charge in [0.05, 0.1) is 0 Å². The molecule has 2 rings (SSSR count). The van der Waals surface area contributed by atoms with E-state index in [1.807, 2.05) is 0 Å². The van der Waals surface area contributed by atoms with Crippen LogP contribution in [0.1, 0.15) is 57.8 Å². The highest BCUT2D eigenvalue weighted by atomic mass is 16.1. The molecule has 2 aliphatic carbocycles. The predicted molar refractivity (Wildman–Crippen MR) is 69.5 cm³/mol. The Morgan fingerprint density at radius 3 is 2.35 bits per heavy atom. The highest BCUT2D eigenvalue weighted by Crippen LogP contribution is 2.25. The minimum atomic E-state index is 0.285. The summed E-state index contributed by atoms with van der Waals surface area (Å²) < 4.78 is 0. The van der Waals surface area contributed by atoms with Crippen LogP contribution in [0.2, 0.25) is 0 Å². The first-order chi connectivity index (χ1) is 8.25. The number of carbonyl (C=O) groups is 1. The van der Waals surface area contributed by atoms with E-state index in [1.165, 1.54) is 32.1 Å². The summed E-state index contributed by atoms with van der Waals surface area (Å²) in [6.45, 7) is 0.850. The molecular formula is C14H26N2O. The van der Waals surface area contributed by atoms with Crippen LogP contribution in [0.5, 0.6) is 0 Å². The van der Waals surface area contributed by atoms with Crippen LogP contribution < -0.4 is 11.1 Å². The van der Waals surface area contributed by atoms with E-state index >= 15 is 0 Å². The van der Waals surface area contributed by atoms with Crippen LogP contribution in [0.25, 0.3) is 0 Å². The Balaban J connectivity index is 1.69. The molecule has 0 aromatic rings. The first-order valence-electron chi connectivity index (χ1n) is 7.29. The molecule has 0 aromatic heterocycles. The van der Waals surface area contributed by atoms with Crippen LogP contribution in [0.4, 0.5) is 0 Å². The van der Waals surface area contributed by atoms with E-state index in [2.05, 4.69) is 5.32 Å². The van der Waals surface area contributed by atoms with Crippen LogP contribution in [0.15, 0.2) is 0 Å². The van der Waals surface area contributed by atoms with E-state index in [-0.39, 0.29) is 5.92 Å². The molecule has 0 spiro atoms. The van der Waals surface area contributed by atoms with Crippen LogP contribution in [0, 0.1) is 11.8 Å². The zero-order chi connectivity index (χ0) is 12.1. The Morgan fingerprint density at radius 2 is 1.76 bits per heavy atom. The molecule has 1 amide bonds. The first-order valence-corrected chi connectivity index (χ1v) is 7.29. The molecule has 3 heteroatoms. The molecule has 0 bridgehead atoms. The lowest BCUT2D eigenvalue weighted by molar-refractivity contribution is -0.125. The molecule has 0 heterocycles. The second kappa shape index (κ2) is 6.39. The fourth-order valence-corrected chi connectivity index (χ4v) is 3.23. The van der Waals surface area contributed by atoms with Gasteiger partial charge in [-0.25, -0.2) is 0 Å². The van der Waals surface area contributed by atoms with Gasteiger partial charge >= 0.3 is 0 Å². The lowest BCUT2D eigenvalue weighted by Gasteiger charge is -2.16. The summed E-state index contributed by atoms with van der Waals surface area (Å²) in [5.74, 6) is 1.21. The lowest BCUT2D eigenvalue weighted by atomic mass is 9.99. The smallest absolute Gasteiger partial charge is 0.223 e. The fourth-order valence-electron chi connectivity index (χ4n) is 3.23. The third kappa shape index (κ3) is 3.98. The normalized spacial score (nSPS) is 31.1. The molecule has 17 heavy (non-hydrogen) atoms. The van der Waals surface area contributed by atoms with Crippen molar-refractivity contribution >= 4 is 5.91 Å².